The standard InChI is InChI=1S/C17H14O3/c1-12-3-4-14(11-16(12)20-2)6-5-13-7-9-15(10-8-13)17(18)19/h3-4,7-11H,1-2H3,(H,18,19). The predicted octanol–water partition coefficient (Wildman–Crippen LogP) is 3.10. The van der Waals surface area contributed by atoms with Crippen LogP contribution in [0, 0.1) is 18.8 Å². The van der Waals surface area contributed by atoms with E-state index in [2.05, 4.69) is 11.8 Å². The number of rotatable bonds is 2. The first-order valence-electron chi connectivity index (χ1n) is 6.10. The number of carboxylic acid groups (broad SMARTS) is 1. The fourth-order valence-electron chi connectivity index (χ4n) is 1.74. The Labute approximate surface area is 117 Å². The number of aryl methyl sites for hydroxylation is 1. The van der Waals surface area contributed by atoms with E-state index in [1.807, 2.05) is 25.1 Å². The Bertz CT molecular complexity index is 688. The van der Waals surface area contributed by atoms with Crippen molar-refractivity contribution in [1.82, 2.24) is 0 Å². The fraction of sp³-hybridized carbons (Fsp3) is 0.118. The molecule has 0 fully saturated rings. The summed E-state index contributed by atoms with van der Waals surface area (Å²) in [6.45, 7) is 1.97. The lowest BCUT2D eigenvalue weighted by molar-refractivity contribution is 0.0697. The van der Waals surface area contributed by atoms with Crippen molar-refractivity contribution in [3.05, 3.63) is 64.7 Å². The Balaban J connectivity index is 2.24. The van der Waals surface area contributed by atoms with Gasteiger partial charge in [-0.2, -0.15) is 0 Å². The molecule has 0 atom stereocenters. The van der Waals surface area contributed by atoms with Gasteiger partial charge in [0.15, 0.2) is 0 Å². The second-order valence-corrected chi connectivity index (χ2v) is 4.32. The second kappa shape index (κ2) is 5.94. The molecule has 20 heavy (non-hydrogen) atoms. The average Bonchev–Trinajstić information content (AvgIpc) is 2.46. The molecule has 3 heteroatoms. The van der Waals surface area contributed by atoms with E-state index in [0.717, 1.165) is 22.4 Å². The van der Waals surface area contributed by atoms with Crippen LogP contribution in [0.5, 0.6) is 5.75 Å². The van der Waals surface area contributed by atoms with Crippen LogP contribution in [0.1, 0.15) is 27.0 Å². The summed E-state index contributed by atoms with van der Waals surface area (Å²) in [6, 6.07) is 12.2. The van der Waals surface area contributed by atoms with Crippen LogP contribution in [-0.4, -0.2) is 18.2 Å². The van der Waals surface area contributed by atoms with Gasteiger partial charge >= 0.3 is 5.97 Å². The molecule has 0 heterocycles. The van der Waals surface area contributed by atoms with Crippen LogP contribution in [0.3, 0.4) is 0 Å². The number of hydrogen-bond donors (Lipinski definition) is 1. The van der Waals surface area contributed by atoms with Gasteiger partial charge in [-0.1, -0.05) is 17.9 Å². The number of ether oxygens (including phenoxy) is 1. The Morgan fingerprint density at radius 3 is 2.25 bits per heavy atom. The van der Waals surface area contributed by atoms with Gasteiger partial charge in [-0.25, -0.2) is 4.79 Å². The molecule has 0 aliphatic carbocycles. The van der Waals surface area contributed by atoms with E-state index in [1.165, 1.54) is 0 Å². The number of aromatic carboxylic acids is 1. The Hall–Kier alpha value is -2.73. The highest BCUT2D eigenvalue weighted by atomic mass is 16.5. The van der Waals surface area contributed by atoms with Gasteiger partial charge in [0.05, 0.1) is 12.7 Å². The third-order valence-corrected chi connectivity index (χ3v) is 2.89. The molecule has 100 valence electrons. The summed E-state index contributed by atoms with van der Waals surface area (Å²) in [5.74, 6) is 5.90. The molecule has 0 radical (unpaired) electrons. The molecule has 1 N–H and O–H groups in total. The molecule has 2 aromatic rings. The van der Waals surface area contributed by atoms with Crippen LogP contribution in [0.25, 0.3) is 0 Å². The fourth-order valence-corrected chi connectivity index (χ4v) is 1.74. The summed E-state index contributed by atoms with van der Waals surface area (Å²) in [6.07, 6.45) is 0. The molecule has 0 saturated heterocycles. The van der Waals surface area contributed by atoms with E-state index in [0.29, 0.717) is 0 Å². The molecular formula is C17H14O3. The lowest BCUT2D eigenvalue weighted by Crippen LogP contribution is -1.94. The van der Waals surface area contributed by atoms with E-state index in [-0.39, 0.29) is 5.56 Å². The maximum atomic E-state index is 10.7. The molecule has 2 aromatic carbocycles. The van der Waals surface area contributed by atoms with E-state index in [1.54, 1.807) is 31.4 Å². The number of carboxylic acids is 1. The third kappa shape index (κ3) is 3.18. The maximum Gasteiger partial charge on any atom is 0.335 e. The number of benzene rings is 2. The predicted molar refractivity (Wildman–Crippen MR) is 77.1 cm³/mol. The Morgan fingerprint density at radius 1 is 1.05 bits per heavy atom. The van der Waals surface area contributed by atoms with Crippen molar-refractivity contribution in [1.29, 1.82) is 0 Å². The molecule has 0 aliphatic rings. The van der Waals surface area contributed by atoms with Gasteiger partial charge in [0.25, 0.3) is 0 Å². The highest BCUT2D eigenvalue weighted by molar-refractivity contribution is 5.87. The minimum Gasteiger partial charge on any atom is -0.496 e. The zero-order chi connectivity index (χ0) is 14.5. The van der Waals surface area contributed by atoms with Gasteiger partial charge in [0, 0.05) is 11.1 Å². The second-order valence-electron chi connectivity index (χ2n) is 4.32. The van der Waals surface area contributed by atoms with Gasteiger partial charge in [0.1, 0.15) is 5.75 Å². The van der Waals surface area contributed by atoms with Gasteiger partial charge < -0.3 is 9.84 Å². The number of methoxy groups -OCH3 is 1. The highest BCUT2D eigenvalue weighted by Gasteiger charge is 2.00. The topological polar surface area (TPSA) is 46.5 Å². The highest BCUT2D eigenvalue weighted by Crippen LogP contribution is 2.18. The van der Waals surface area contributed by atoms with Crippen LogP contribution < -0.4 is 4.74 Å². The lowest BCUT2D eigenvalue weighted by Gasteiger charge is -2.03. The molecule has 0 aliphatic heterocycles. The smallest absolute Gasteiger partial charge is 0.335 e. The first-order chi connectivity index (χ1) is 9.60. The van der Waals surface area contributed by atoms with Gasteiger partial charge in [-0.3, -0.25) is 0 Å². The zero-order valence-corrected chi connectivity index (χ0v) is 11.3. The van der Waals surface area contributed by atoms with Crippen molar-refractivity contribution in [2.75, 3.05) is 7.11 Å². The van der Waals surface area contributed by atoms with Gasteiger partial charge in [-0.05, 0) is 48.9 Å². The Morgan fingerprint density at radius 2 is 1.65 bits per heavy atom. The summed E-state index contributed by atoms with van der Waals surface area (Å²) in [4.78, 5) is 10.7. The van der Waals surface area contributed by atoms with Crippen molar-refractivity contribution in [3.63, 3.8) is 0 Å². The molecular weight excluding hydrogens is 252 g/mol. The molecule has 2 rings (SSSR count). The number of hydrogen-bond acceptors (Lipinski definition) is 2. The molecule has 0 amide bonds. The lowest BCUT2D eigenvalue weighted by atomic mass is 10.1. The minimum absolute atomic E-state index is 0.257. The van der Waals surface area contributed by atoms with Crippen LogP contribution in [0.2, 0.25) is 0 Å². The summed E-state index contributed by atoms with van der Waals surface area (Å²) in [7, 11) is 1.63. The molecule has 0 bridgehead atoms. The summed E-state index contributed by atoms with van der Waals surface area (Å²) < 4.78 is 5.25. The van der Waals surface area contributed by atoms with Crippen LogP contribution in [0.15, 0.2) is 42.5 Å². The molecule has 3 nitrogen and oxygen atoms in total. The molecule has 0 spiro atoms. The molecule has 0 saturated carbocycles. The van der Waals surface area contributed by atoms with Crippen LogP contribution in [0.4, 0.5) is 0 Å². The summed E-state index contributed by atoms with van der Waals surface area (Å²) >= 11 is 0. The zero-order valence-electron chi connectivity index (χ0n) is 11.3. The molecule has 0 unspecified atom stereocenters. The van der Waals surface area contributed by atoms with Crippen molar-refractivity contribution in [2.24, 2.45) is 0 Å². The van der Waals surface area contributed by atoms with Crippen LogP contribution >= 0.6 is 0 Å². The average molecular weight is 266 g/mol. The van der Waals surface area contributed by atoms with Crippen molar-refractivity contribution < 1.29 is 14.6 Å². The van der Waals surface area contributed by atoms with Crippen molar-refractivity contribution >= 4 is 5.97 Å². The summed E-state index contributed by atoms with van der Waals surface area (Å²) in [5, 5.41) is 8.82. The normalized spacial score (nSPS) is 9.50. The van der Waals surface area contributed by atoms with Gasteiger partial charge in [-0.15, -0.1) is 0 Å². The van der Waals surface area contributed by atoms with Gasteiger partial charge in [0.2, 0.25) is 0 Å². The maximum absolute atomic E-state index is 10.7. The first-order valence-corrected chi connectivity index (χ1v) is 6.10. The van der Waals surface area contributed by atoms with E-state index in [9.17, 15) is 4.79 Å². The quantitative estimate of drug-likeness (QED) is 0.850. The monoisotopic (exact) mass is 266 g/mol. The van der Waals surface area contributed by atoms with Crippen LogP contribution in [-0.2, 0) is 0 Å². The Kier molecular flexibility index (Phi) is 4.07. The molecule has 0 aromatic heterocycles. The number of carbonyl (C=O) groups is 1. The van der Waals surface area contributed by atoms with Crippen molar-refractivity contribution in [3.8, 4) is 17.6 Å². The SMILES string of the molecule is COc1cc(C#Cc2ccc(C(=O)O)cc2)ccc1C. The van der Waals surface area contributed by atoms with Crippen molar-refractivity contribution in [2.45, 2.75) is 6.92 Å². The summed E-state index contributed by atoms with van der Waals surface area (Å²) in [5.41, 5.74) is 2.95. The van der Waals surface area contributed by atoms with E-state index in [4.69, 9.17) is 9.84 Å². The third-order valence-electron chi connectivity index (χ3n) is 2.89. The van der Waals surface area contributed by atoms with E-state index < -0.39 is 5.97 Å². The van der Waals surface area contributed by atoms with E-state index >= 15 is 0 Å². The first kappa shape index (κ1) is 13.7. The largest absolute Gasteiger partial charge is 0.496 e. The minimum atomic E-state index is -0.937.